The van der Waals surface area contributed by atoms with Gasteiger partial charge in [-0.3, -0.25) is 15.0 Å². The molecule has 0 saturated heterocycles. The van der Waals surface area contributed by atoms with Gasteiger partial charge in [0.2, 0.25) is 0 Å². The predicted molar refractivity (Wildman–Crippen MR) is 54.2 cm³/mol. The monoisotopic (exact) mass is 187 g/mol. The van der Waals surface area contributed by atoms with Gasteiger partial charge in [-0.25, -0.2) is 0 Å². The minimum atomic E-state index is -0.0398. The first-order chi connectivity index (χ1) is 6.86. The van der Waals surface area contributed by atoms with E-state index in [9.17, 15) is 4.79 Å². The smallest absolute Gasteiger partial charge is 0.269 e. The summed E-state index contributed by atoms with van der Waals surface area (Å²) in [4.78, 5) is 11.3. The van der Waals surface area contributed by atoms with Crippen molar-refractivity contribution in [3.63, 3.8) is 0 Å². The third-order valence-electron chi connectivity index (χ3n) is 2.53. The maximum Gasteiger partial charge on any atom is 0.269 e. The number of benzene rings is 1. The van der Waals surface area contributed by atoms with Crippen LogP contribution < -0.4 is 10.9 Å². The fourth-order valence-corrected chi connectivity index (χ4v) is 1.82. The summed E-state index contributed by atoms with van der Waals surface area (Å²) in [5.74, 6) is 0. The number of H-pyrrole nitrogens is 2. The first kappa shape index (κ1) is 7.44. The molecule has 0 bridgehead atoms. The van der Waals surface area contributed by atoms with Gasteiger partial charge in [0.05, 0.1) is 11.3 Å². The molecule has 4 heteroatoms. The van der Waals surface area contributed by atoms with E-state index in [1.165, 1.54) is 0 Å². The van der Waals surface area contributed by atoms with Crippen molar-refractivity contribution in [1.29, 1.82) is 0 Å². The van der Waals surface area contributed by atoms with E-state index in [4.69, 9.17) is 0 Å². The lowest BCUT2D eigenvalue weighted by atomic mass is 10.0. The van der Waals surface area contributed by atoms with Crippen LogP contribution in [0.5, 0.6) is 0 Å². The maximum absolute atomic E-state index is 11.3. The van der Waals surface area contributed by atoms with Crippen molar-refractivity contribution in [2.75, 3.05) is 5.32 Å². The Morgan fingerprint density at radius 3 is 2.93 bits per heavy atom. The topological polar surface area (TPSA) is 60.7 Å². The zero-order chi connectivity index (χ0) is 9.54. The average molecular weight is 187 g/mol. The Bertz CT molecular complexity index is 538. The van der Waals surface area contributed by atoms with Crippen LogP contribution in [-0.4, -0.2) is 10.2 Å². The van der Waals surface area contributed by atoms with Crippen molar-refractivity contribution < 1.29 is 0 Å². The summed E-state index contributed by atoms with van der Waals surface area (Å²) in [6.07, 6.45) is 0. The quantitative estimate of drug-likeness (QED) is 0.582. The van der Waals surface area contributed by atoms with E-state index in [1.54, 1.807) is 0 Å². The summed E-state index contributed by atoms with van der Waals surface area (Å²) < 4.78 is 0. The zero-order valence-corrected chi connectivity index (χ0v) is 7.42. The molecule has 3 rings (SSSR count). The average Bonchev–Trinajstić information content (AvgIpc) is 2.61. The highest BCUT2D eigenvalue weighted by atomic mass is 16.1. The second kappa shape index (κ2) is 2.51. The van der Waals surface area contributed by atoms with Crippen LogP contribution in [-0.2, 0) is 6.54 Å². The van der Waals surface area contributed by atoms with Crippen molar-refractivity contribution >= 4 is 5.69 Å². The summed E-state index contributed by atoms with van der Waals surface area (Å²) in [5.41, 5.74) is 3.76. The van der Waals surface area contributed by atoms with Gasteiger partial charge in [-0.05, 0) is 6.07 Å². The minimum Gasteiger partial charge on any atom is -0.380 e. The van der Waals surface area contributed by atoms with Gasteiger partial charge >= 0.3 is 0 Å². The van der Waals surface area contributed by atoms with Gasteiger partial charge in [0.1, 0.15) is 0 Å². The van der Waals surface area contributed by atoms with Gasteiger partial charge in [-0.1, -0.05) is 18.2 Å². The van der Waals surface area contributed by atoms with Crippen molar-refractivity contribution in [3.05, 3.63) is 40.2 Å². The molecule has 14 heavy (non-hydrogen) atoms. The van der Waals surface area contributed by atoms with Crippen LogP contribution in [0, 0.1) is 0 Å². The normalized spacial score (nSPS) is 12.9. The Kier molecular flexibility index (Phi) is 1.33. The van der Waals surface area contributed by atoms with Crippen molar-refractivity contribution in [2.24, 2.45) is 0 Å². The van der Waals surface area contributed by atoms with Gasteiger partial charge in [-0.2, -0.15) is 0 Å². The van der Waals surface area contributed by atoms with E-state index in [-0.39, 0.29) is 5.56 Å². The number of aromatic amines is 2. The molecule has 1 aromatic heterocycles. The summed E-state index contributed by atoms with van der Waals surface area (Å²) in [6, 6.07) is 7.93. The molecule has 0 spiro atoms. The number of rotatable bonds is 0. The van der Waals surface area contributed by atoms with Crippen LogP contribution in [0.3, 0.4) is 0 Å². The molecule has 0 saturated carbocycles. The molecular formula is C10H9N3O. The fourth-order valence-electron chi connectivity index (χ4n) is 1.82. The SMILES string of the molecule is O=c1[nH][nH]c2c1CNc1ccccc1-2. The van der Waals surface area contributed by atoms with Crippen LogP contribution in [0.1, 0.15) is 5.56 Å². The predicted octanol–water partition coefficient (Wildman–Crippen LogP) is 1.30. The highest BCUT2D eigenvalue weighted by Gasteiger charge is 2.18. The summed E-state index contributed by atoms with van der Waals surface area (Å²) in [6.45, 7) is 0.588. The Morgan fingerprint density at radius 2 is 2.00 bits per heavy atom. The lowest BCUT2D eigenvalue weighted by Gasteiger charge is -2.16. The highest BCUT2D eigenvalue weighted by molar-refractivity contribution is 5.79. The van der Waals surface area contributed by atoms with E-state index >= 15 is 0 Å². The molecule has 0 atom stereocenters. The molecule has 2 heterocycles. The fraction of sp³-hybridized carbons (Fsp3) is 0.100. The van der Waals surface area contributed by atoms with Crippen molar-refractivity contribution in [2.45, 2.75) is 6.54 Å². The van der Waals surface area contributed by atoms with Crippen LogP contribution in [0.15, 0.2) is 29.1 Å². The van der Waals surface area contributed by atoms with Crippen LogP contribution in [0.2, 0.25) is 0 Å². The largest absolute Gasteiger partial charge is 0.380 e. The number of hydrogen-bond donors (Lipinski definition) is 3. The molecular weight excluding hydrogens is 178 g/mol. The third-order valence-corrected chi connectivity index (χ3v) is 2.53. The Morgan fingerprint density at radius 1 is 1.14 bits per heavy atom. The van der Waals surface area contributed by atoms with Crippen LogP contribution in [0.4, 0.5) is 5.69 Å². The molecule has 1 aliphatic heterocycles. The molecule has 0 amide bonds. The van der Waals surface area contributed by atoms with Crippen LogP contribution in [0.25, 0.3) is 11.3 Å². The van der Waals surface area contributed by atoms with E-state index in [2.05, 4.69) is 15.5 Å². The minimum absolute atomic E-state index is 0.0398. The molecule has 0 unspecified atom stereocenters. The number of nitrogens with one attached hydrogen (secondary N) is 3. The van der Waals surface area contributed by atoms with Gasteiger partial charge < -0.3 is 5.32 Å². The van der Waals surface area contributed by atoms with E-state index in [0.717, 1.165) is 22.5 Å². The van der Waals surface area contributed by atoms with Gasteiger partial charge in [-0.15, -0.1) is 0 Å². The molecule has 3 N–H and O–H groups in total. The van der Waals surface area contributed by atoms with Gasteiger partial charge in [0.15, 0.2) is 0 Å². The number of fused-ring (bicyclic) bond motifs is 3. The van der Waals surface area contributed by atoms with E-state index in [1.807, 2.05) is 24.3 Å². The zero-order valence-electron chi connectivity index (χ0n) is 7.42. The summed E-state index contributed by atoms with van der Waals surface area (Å²) in [7, 11) is 0. The molecule has 1 aliphatic rings. The van der Waals surface area contributed by atoms with E-state index < -0.39 is 0 Å². The molecule has 0 radical (unpaired) electrons. The highest BCUT2D eigenvalue weighted by Crippen LogP contribution is 2.31. The molecule has 2 aromatic rings. The maximum atomic E-state index is 11.3. The molecule has 0 fully saturated rings. The Hall–Kier alpha value is -1.97. The lowest BCUT2D eigenvalue weighted by molar-refractivity contribution is 1.06. The van der Waals surface area contributed by atoms with Gasteiger partial charge in [0.25, 0.3) is 5.56 Å². The molecule has 4 nitrogen and oxygen atoms in total. The second-order valence-corrected chi connectivity index (χ2v) is 3.33. The molecule has 70 valence electrons. The number of anilines is 1. The first-order valence-electron chi connectivity index (χ1n) is 4.49. The Balaban J connectivity index is 2.34. The third kappa shape index (κ3) is 0.849. The van der Waals surface area contributed by atoms with Crippen LogP contribution >= 0.6 is 0 Å². The second-order valence-electron chi connectivity index (χ2n) is 3.33. The summed E-state index contributed by atoms with van der Waals surface area (Å²) in [5, 5.41) is 8.71. The van der Waals surface area contributed by atoms with Gasteiger partial charge in [0, 0.05) is 17.8 Å². The molecule has 1 aromatic carbocycles. The molecule has 0 aliphatic carbocycles. The number of aromatic nitrogens is 2. The van der Waals surface area contributed by atoms with Crippen molar-refractivity contribution in [1.82, 2.24) is 10.2 Å². The lowest BCUT2D eigenvalue weighted by Crippen LogP contribution is -2.14. The number of hydrogen-bond acceptors (Lipinski definition) is 2. The van der Waals surface area contributed by atoms with E-state index in [0.29, 0.717) is 6.54 Å². The standard InChI is InChI=1S/C10H9N3O/c14-10-7-5-11-8-4-2-1-3-6(8)9(7)12-13-10/h1-4,11H,5H2,(H2,12,13,14). The first-order valence-corrected chi connectivity index (χ1v) is 4.49. The number of para-hydroxylation sites is 1. The summed E-state index contributed by atoms with van der Waals surface area (Å²) >= 11 is 0. The van der Waals surface area contributed by atoms with Crippen molar-refractivity contribution in [3.8, 4) is 11.3 Å². The Labute approximate surface area is 80.0 Å².